The lowest BCUT2D eigenvalue weighted by atomic mass is 9.94. The number of hydrogen-bond donors (Lipinski definition) is 2. The van der Waals surface area contributed by atoms with Crippen LogP contribution in [0.1, 0.15) is 34.6 Å². The standard InChI is InChI=1S/C23H25N3O3/c1-15-10-19(18-7-9-28-13-18)11-16(2)23(15)29-14-22(27)26-25-12-17-4-3-5-21-20(17)6-8-24-21/h3-6,8,10-12,18,24H,7,9,13-14H2,1-2H3,(H,26,27)/b25-12+. The molecule has 29 heavy (non-hydrogen) atoms. The van der Waals surface area contributed by atoms with Crippen LogP contribution in [0.25, 0.3) is 10.9 Å². The van der Waals surface area contributed by atoms with Crippen molar-refractivity contribution in [3.8, 4) is 5.75 Å². The number of ether oxygens (including phenoxy) is 2. The molecule has 2 aromatic carbocycles. The molecule has 2 heterocycles. The molecule has 1 atom stereocenters. The normalized spacial score (nSPS) is 16.6. The summed E-state index contributed by atoms with van der Waals surface area (Å²) in [6.07, 6.45) is 4.57. The molecule has 1 saturated heterocycles. The van der Waals surface area contributed by atoms with Crippen molar-refractivity contribution in [1.82, 2.24) is 10.4 Å². The molecule has 1 aliphatic rings. The van der Waals surface area contributed by atoms with Crippen molar-refractivity contribution < 1.29 is 14.3 Å². The van der Waals surface area contributed by atoms with Gasteiger partial charge in [0.15, 0.2) is 6.61 Å². The Morgan fingerprint density at radius 1 is 1.31 bits per heavy atom. The number of benzene rings is 2. The van der Waals surface area contributed by atoms with Gasteiger partial charge >= 0.3 is 0 Å². The molecule has 0 saturated carbocycles. The topological polar surface area (TPSA) is 75.7 Å². The lowest BCUT2D eigenvalue weighted by Gasteiger charge is -2.16. The van der Waals surface area contributed by atoms with Crippen molar-refractivity contribution >= 4 is 23.0 Å². The van der Waals surface area contributed by atoms with Crippen molar-refractivity contribution in [2.24, 2.45) is 5.10 Å². The van der Waals surface area contributed by atoms with Gasteiger partial charge in [-0.2, -0.15) is 5.10 Å². The highest BCUT2D eigenvalue weighted by Gasteiger charge is 2.19. The maximum atomic E-state index is 12.1. The van der Waals surface area contributed by atoms with Gasteiger partial charge in [-0.3, -0.25) is 4.79 Å². The van der Waals surface area contributed by atoms with Gasteiger partial charge in [-0.05, 0) is 49.1 Å². The number of hydrazone groups is 1. The Balaban J connectivity index is 1.35. The van der Waals surface area contributed by atoms with E-state index < -0.39 is 0 Å². The van der Waals surface area contributed by atoms with Gasteiger partial charge in [0, 0.05) is 35.2 Å². The lowest BCUT2D eigenvalue weighted by Crippen LogP contribution is -2.25. The quantitative estimate of drug-likeness (QED) is 0.495. The summed E-state index contributed by atoms with van der Waals surface area (Å²) in [5.41, 5.74) is 7.83. The Hall–Kier alpha value is -3.12. The minimum atomic E-state index is -0.297. The molecule has 0 spiro atoms. The monoisotopic (exact) mass is 391 g/mol. The van der Waals surface area contributed by atoms with Crippen LogP contribution in [0.3, 0.4) is 0 Å². The van der Waals surface area contributed by atoms with Crippen LogP contribution in [0.15, 0.2) is 47.7 Å². The van der Waals surface area contributed by atoms with Gasteiger partial charge in [0.2, 0.25) is 0 Å². The zero-order valence-corrected chi connectivity index (χ0v) is 16.7. The molecule has 1 fully saturated rings. The van der Waals surface area contributed by atoms with Gasteiger partial charge in [0.05, 0.1) is 12.8 Å². The van der Waals surface area contributed by atoms with E-state index in [0.29, 0.717) is 5.92 Å². The smallest absolute Gasteiger partial charge is 0.277 e. The van der Waals surface area contributed by atoms with E-state index in [1.54, 1.807) is 6.21 Å². The summed E-state index contributed by atoms with van der Waals surface area (Å²) in [7, 11) is 0. The van der Waals surface area contributed by atoms with Crippen LogP contribution >= 0.6 is 0 Å². The predicted molar refractivity (Wildman–Crippen MR) is 114 cm³/mol. The Morgan fingerprint density at radius 2 is 2.14 bits per heavy atom. The number of nitrogens with one attached hydrogen (secondary N) is 2. The molecule has 6 heteroatoms. The molecule has 0 bridgehead atoms. The number of amides is 1. The van der Waals surface area contributed by atoms with Crippen LogP contribution in [-0.4, -0.2) is 36.9 Å². The van der Waals surface area contributed by atoms with Crippen LogP contribution in [0.4, 0.5) is 0 Å². The predicted octanol–water partition coefficient (Wildman–Crippen LogP) is 3.82. The highest BCUT2D eigenvalue weighted by molar-refractivity contribution is 5.98. The number of rotatable bonds is 6. The third kappa shape index (κ3) is 4.32. The van der Waals surface area contributed by atoms with E-state index in [4.69, 9.17) is 9.47 Å². The van der Waals surface area contributed by atoms with Crippen molar-refractivity contribution in [3.05, 3.63) is 64.8 Å². The fourth-order valence-corrected chi connectivity index (χ4v) is 3.81. The van der Waals surface area contributed by atoms with Crippen LogP contribution < -0.4 is 10.2 Å². The van der Waals surface area contributed by atoms with Gasteiger partial charge in [-0.15, -0.1) is 0 Å². The zero-order chi connectivity index (χ0) is 20.2. The van der Waals surface area contributed by atoms with Crippen molar-refractivity contribution in [2.45, 2.75) is 26.2 Å². The van der Waals surface area contributed by atoms with Crippen molar-refractivity contribution in [3.63, 3.8) is 0 Å². The van der Waals surface area contributed by atoms with Gasteiger partial charge < -0.3 is 14.5 Å². The molecule has 1 aliphatic heterocycles. The average Bonchev–Trinajstić information content (AvgIpc) is 3.39. The molecule has 0 radical (unpaired) electrons. The SMILES string of the molecule is Cc1cc(C2CCOC2)cc(C)c1OCC(=O)N/N=C/c1cccc2[nH]ccc12. The van der Waals surface area contributed by atoms with E-state index in [2.05, 4.69) is 27.6 Å². The Kier molecular flexibility index (Phi) is 5.62. The van der Waals surface area contributed by atoms with Crippen molar-refractivity contribution in [2.75, 3.05) is 19.8 Å². The minimum Gasteiger partial charge on any atom is -0.483 e. The van der Waals surface area contributed by atoms with E-state index in [9.17, 15) is 4.79 Å². The third-order valence-corrected chi connectivity index (χ3v) is 5.25. The molecular formula is C23H25N3O3. The molecule has 2 N–H and O–H groups in total. The largest absolute Gasteiger partial charge is 0.483 e. The first kappa shape index (κ1) is 19.2. The van der Waals surface area contributed by atoms with E-state index >= 15 is 0 Å². The number of fused-ring (bicyclic) bond motifs is 1. The van der Waals surface area contributed by atoms with Gasteiger partial charge in [-0.25, -0.2) is 5.43 Å². The van der Waals surface area contributed by atoms with Crippen LogP contribution in [-0.2, 0) is 9.53 Å². The lowest BCUT2D eigenvalue weighted by molar-refractivity contribution is -0.123. The molecule has 1 aromatic heterocycles. The maximum Gasteiger partial charge on any atom is 0.277 e. The van der Waals surface area contributed by atoms with Crippen LogP contribution in [0, 0.1) is 13.8 Å². The summed E-state index contributed by atoms with van der Waals surface area (Å²) < 4.78 is 11.3. The zero-order valence-electron chi connectivity index (χ0n) is 16.7. The second-order valence-electron chi connectivity index (χ2n) is 7.41. The number of H-pyrrole nitrogens is 1. The fourth-order valence-electron chi connectivity index (χ4n) is 3.81. The number of carbonyl (C=O) groups excluding carboxylic acids is 1. The molecule has 150 valence electrons. The Morgan fingerprint density at radius 3 is 2.90 bits per heavy atom. The number of aromatic amines is 1. The molecule has 1 amide bonds. The Bertz CT molecular complexity index is 1030. The fraction of sp³-hybridized carbons (Fsp3) is 0.304. The highest BCUT2D eigenvalue weighted by atomic mass is 16.5. The maximum absolute atomic E-state index is 12.1. The second-order valence-corrected chi connectivity index (χ2v) is 7.41. The van der Waals surface area contributed by atoms with Gasteiger partial charge in [0.1, 0.15) is 5.75 Å². The van der Waals surface area contributed by atoms with E-state index in [0.717, 1.165) is 53.0 Å². The van der Waals surface area contributed by atoms with E-state index in [1.807, 2.05) is 44.3 Å². The number of aromatic nitrogens is 1. The summed E-state index contributed by atoms with van der Waals surface area (Å²) in [6.45, 7) is 5.53. The molecule has 1 unspecified atom stereocenters. The van der Waals surface area contributed by atoms with Gasteiger partial charge in [0.25, 0.3) is 5.91 Å². The Labute approximate surface area is 169 Å². The average molecular weight is 391 g/mol. The highest BCUT2D eigenvalue weighted by Crippen LogP contribution is 2.31. The first-order valence-corrected chi connectivity index (χ1v) is 9.81. The molecular weight excluding hydrogens is 366 g/mol. The molecule has 4 rings (SSSR count). The number of nitrogens with zero attached hydrogens (tertiary/aromatic N) is 1. The first-order valence-electron chi connectivity index (χ1n) is 9.81. The minimum absolute atomic E-state index is 0.0841. The molecule has 3 aromatic rings. The first-order chi connectivity index (χ1) is 14.1. The van der Waals surface area contributed by atoms with Crippen LogP contribution in [0.2, 0.25) is 0 Å². The summed E-state index contributed by atoms with van der Waals surface area (Å²) in [5, 5.41) is 5.12. The number of carbonyl (C=O) groups is 1. The van der Waals surface area contributed by atoms with Crippen LogP contribution in [0.5, 0.6) is 5.75 Å². The summed E-state index contributed by atoms with van der Waals surface area (Å²) >= 11 is 0. The molecule has 6 nitrogen and oxygen atoms in total. The summed E-state index contributed by atoms with van der Waals surface area (Å²) in [4.78, 5) is 15.3. The molecule has 0 aliphatic carbocycles. The van der Waals surface area contributed by atoms with Crippen molar-refractivity contribution in [1.29, 1.82) is 0 Å². The summed E-state index contributed by atoms with van der Waals surface area (Å²) in [6, 6.07) is 12.1. The number of aryl methyl sites for hydroxylation is 2. The van der Waals surface area contributed by atoms with E-state index in [1.165, 1.54) is 5.56 Å². The van der Waals surface area contributed by atoms with Gasteiger partial charge in [-0.1, -0.05) is 24.3 Å². The third-order valence-electron chi connectivity index (χ3n) is 5.25. The second kappa shape index (κ2) is 8.49. The number of hydrogen-bond acceptors (Lipinski definition) is 4. The summed E-state index contributed by atoms with van der Waals surface area (Å²) in [5.74, 6) is 0.905. The van der Waals surface area contributed by atoms with E-state index in [-0.39, 0.29) is 12.5 Å².